The zero-order valence-electron chi connectivity index (χ0n) is 10.9. The smallest absolute Gasteiger partial charge is 0.185 e. The minimum atomic E-state index is 0.0267. The van der Waals surface area contributed by atoms with Crippen molar-refractivity contribution in [1.29, 1.82) is 0 Å². The van der Waals surface area contributed by atoms with E-state index in [0.29, 0.717) is 12.0 Å². The minimum Gasteiger partial charge on any atom is -0.348 e. The number of anilines is 1. The molecule has 0 aliphatic rings. The first-order valence-electron chi connectivity index (χ1n) is 5.85. The van der Waals surface area contributed by atoms with E-state index < -0.39 is 0 Å². The van der Waals surface area contributed by atoms with Gasteiger partial charge in [-0.1, -0.05) is 13.8 Å². The van der Waals surface area contributed by atoms with Crippen LogP contribution in [-0.4, -0.2) is 18.1 Å². The normalized spacial score (nSPS) is 15.2. The molecule has 0 aliphatic carbocycles. The molecule has 0 aromatic carbocycles. The van der Waals surface area contributed by atoms with Gasteiger partial charge in [0.1, 0.15) is 0 Å². The van der Waals surface area contributed by atoms with E-state index >= 15 is 0 Å². The molecule has 4 heteroatoms. The van der Waals surface area contributed by atoms with Crippen LogP contribution in [0.3, 0.4) is 0 Å². The summed E-state index contributed by atoms with van der Waals surface area (Å²) < 4.78 is 0. The third kappa shape index (κ3) is 3.46. The third-order valence-electron chi connectivity index (χ3n) is 2.75. The van der Waals surface area contributed by atoms with Gasteiger partial charge in [0.2, 0.25) is 0 Å². The van der Waals surface area contributed by atoms with Gasteiger partial charge in [0, 0.05) is 24.5 Å². The van der Waals surface area contributed by atoms with Crippen molar-refractivity contribution in [2.45, 2.75) is 46.2 Å². The molecule has 2 unspecified atom stereocenters. The van der Waals surface area contributed by atoms with E-state index in [-0.39, 0.29) is 6.04 Å². The van der Waals surface area contributed by atoms with Crippen LogP contribution >= 0.6 is 11.3 Å². The molecule has 0 bridgehead atoms. The molecule has 0 saturated carbocycles. The quantitative estimate of drug-likeness (QED) is 0.861. The van der Waals surface area contributed by atoms with Gasteiger partial charge in [-0.2, -0.15) is 0 Å². The maximum Gasteiger partial charge on any atom is 0.185 e. The van der Waals surface area contributed by atoms with Crippen LogP contribution in [0.15, 0.2) is 5.38 Å². The van der Waals surface area contributed by atoms with Crippen molar-refractivity contribution >= 4 is 16.5 Å². The van der Waals surface area contributed by atoms with Gasteiger partial charge in [0.05, 0.1) is 5.69 Å². The number of rotatable bonds is 5. The minimum absolute atomic E-state index is 0.0267. The first-order chi connectivity index (χ1) is 7.41. The molecule has 1 rings (SSSR count). The molecule has 0 saturated heterocycles. The molecular formula is C12H23N3S. The Labute approximate surface area is 103 Å². The average Bonchev–Trinajstić information content (AvgIpc) is 2.64. The van der Waals surface area contributed by atoms with Crippen LogP contribution in [0.5, 0.6) is 0 Å². The van der Waals surface area contributed by atoms with Gasteiger partial charge < -0.3 is 10.6 Å². The molecule has 0 spiro atoms. The fraction of sp³-hybridized carbons (Fsp3) is 0.750. The maximum absolute atomic E-state index is 5.81. The standard InChI is InChI=1S/C12H23N3S/c1-8(2)6-9(3)15(5)12-14-11(7-16-12)10(4)13/h7-10H,6,13H2,1-5H3. The van der Waals surface area contributed by atoms with E-state index in [0.717, 1.165) is 10.8 Å². The first-order valence-corrected chi connectivity index (χ1v) is 6.73. The second kappa shape index (κ2) is 5.64. The summed E-state index contributed by atoms with van der Waals surface area (Å²) in [6.07, 6.45) is 1.18. The summed E-state index contributed by atoms with van der Waals surface area (Å²) in [5.41, 5.74) is 6.80. The van der Waals surface area contributed by atoms with Crippen LogP contribution in [0.1, 0.15) is 45.9 Å². The van der Waals surface area contributed by atoms with Crippen molar-refractivity contribution in [3.05, 3.63) is 11.1 Å². The van der Waals surface area contributed by atoms with Crippen molar-refractivity contribution in [3.63, 3.8) is 0 Å². The van der Waals surface area contributed by atoms with E-state index in [1.165, 1.54) is 6.42 Å². The molecule has 0 fully saturated rings. The van der Waals surface area contributed by atoms with E-state index in [1.807, 2.05) is 6.92 Å². The summed E-state index contributed by atoms with van der Waals surface area (Å²) in [6, 6.07) is 0.547. The van der Waals surface area contributed by atoms with Crippen molar-refractivity contribution in [1.82, 2.24) is 4.98 Å². The molecule has 0 aliphatic heterocycles. The number of thiazole rings is 1. The molecule has 1 aromatic heterocycles. The summed E-state index contributed by atoms with van der Waals surface area (Å²) in [4.78, 5) is 6.80. The third-order valence-corrected chi connectivity index (χ3v) is 3.70. The highest BCUT2D eigenvalue weighted by Gasteiger charge is 2.15. The summed E-state index contributed by atoms with van der Waals surface area (Å²) >= 11 is 1.68. The highest BCUT2D eigenvalue weighted by atomic mass is 32.1. The number of hydrogen-bond acceptors (Lipinski definition) is 4. The Kier molecular flexibility index (Phi) is 4.74. The Morgan fingerprint density at radius 1 is 1.38 bits per heavy atom. The fourth-order valence-electron chi connectivity index (χ4n) is 1.68. The van der Waals surface area contributed by atoms with Crippen molar-refractivity contribution in [3.8, 4) is 0 Å². The fourth-order valence-corrected chi connectivity index (χ4v) is 2.67. The van der Waals surface area contributed by atoms with E-state index in [2.05, 4.69) is 43.1 Å². The summed E-state index contributed by atoms with van der Waals surface area (Å²) in [5.74, 6) is 0.713. The van der Waals surface area contributed by atoms with Gasteiger partial charge in [0.25, 0.3) is 0 Å². The lowest BCUT2D eigenvalue weighted by molar-refractivity contribution is 0.503. The zero-order chi connectivity index (χ0) is 12.3. The number of hydrogen-bond donors (Lipinski definition) is 1. The van der Waals surface area contributed by atoms with Crippen LogP contribution in [0, 0.1) is 5.92 Å². The number of aromatic nitrogens is 1. The lowest BCUT2D eigenvalue weighted by atomic mass is 10.0. The number of nitrogens with zero attached hydrogens (tertiary/aromatic N) is 2. The van der Waals surface area contributed by atoms with Gasteiger partial charge in [-0.25, -0.2) is 4.98 Å². The van der Waals surface area contributed by atoms with Gasteiger partial charge >= 0.3 is 0 Å². The average molecular weight is 241 g/mol. The molecule has 0 radical (unpaired) electrons. The Balaban J connectivity index is 2.68. The molecular weight excluding hydrogens is 218 g/mol. The van der Waals surface area contributed by atoms with Crippen LogP contribution in [-0.2, 0) is 0 Å². The predicted molar refractivity (Wildman–Crippen MR) is 72.0 cm³/mol. The Morgan fingerprint density at radius 2 is 2.00 bits per heavy atom. The highest BCUT2D eigenvalue weighted by molar-refractivity contribution is 7.13. The molecule has 2 atom stereocenters. The molecule has 2 N–H and O–H groups in total. The van der Waals surface area contributed by atoms with Crippen LogP contribution in [0.25, 0.3) is 0 Å². The summed E-state index contributed by atoms with van der Waals surface area (Å²) in [7, 11) is 2.11. The predicted octanol–water partition coefficient (Wildman–Crippen LogP) is 3.03. The Bertz CT molecular complexity index is 320. The lowest BCUT2D eigenvalue weighted by Gasteiger charge is -2.25. The summed E-state index contributed by atoms with van der Waals surface area (Å²) in [5, 5.41) is 3.12. The van der Waals surface area contributed by atoms with E-state index in [4.69, 9.17) is 5.73 Å². The first kappa shape index (κ1) is 13.5. The number of nitrogens with two attached hydrogens (primary N) is 1. The van der Waals surface area contributed by atoms with E-state index in [9.17, 15) is 0 Å². The Hall–Kier alpha value is -0.610. The second-order valence-corrected chi connectivity index (χ2v) is 5.77. The lowest BCUT2D eigenvalue weighted by Crippen LogP contribution is -2.30. The summed E-state index contributed by atoms with van der Waals surface area (Å²) in [6.45, 7) is 8.71. The molecule has 0 amide bonds. The monoisotopic (exact) mass is 241 g/mol. The van der Waals surface area contributed by atoms with Gasteiger partial charge in [-0.05, 0) is 26.2 Å². The molecule has 1 heterocycles. The van der Waals surface area contributed by atoms with Gasteiger partial charge in [-0.3, -0.25) is 0 Å². The zero-order valence-corrected chi connectivity index (χ0v) is 11.7. The van der Waals surface area contributed by atoms with Crippen molar-refractivity contribution < 1.29 is 0 Å². The van der Waals surface area contributed by atoms with Crippen molar-refractivity contribution in [2.75, 3.05) is 11.9 Å². The van der Waals surface area contributed by atoms with Gasteiger partial charge in [-0.15, -0.1) is 11.3 Å². The Morgan fingerprint density at radius 3 is 2.44 bits per heavy atom. The maximum atomic E-state index is 5.81. The van der Waals surface area contributed by atoms with Crippen LogP contribution in [0.4, 0.5) is 5.13 Å². The van der Waals surface area contributed by atoms with Crippen molar-refractivity contribution in [2.24, 2.45) is 11.7 Å². The molecule has 3 nitrogen and oxygen atoms in total. The molecule has 16 heavy (non-hydrogen) atoms. The largest absolute Gasteiger partial charge is 0.348 e. The van der Waals surface area contributed by atoms with Crippen LogP contribution in [0.2, 0.25) is 0 Å². The molecule has 92 valence electrons. The molecule has 1 aromatic rings. The van der Waals surface area contributed by atoms with E-state index in [1.54, 1.807) is 11.3 Å². The topological polar surface area (TPSA) is 42.2 Å². The highest BCUT2D eigenvalue weighted by Crippen LogP contribution is 2.25. The second-order valence-electron chi connectivity index (χ2n) is 4.93. The van der Waals surface area contributed by atoms with Crippen LogP contribution < -0.4 is 10.6 Å². The SMILES string of the molecule is CC(C)CC(C)N(C)c1nc(C(C)N)cs1. The van der Waals surface area contributed by atoms with Gasteiger partial charge in [0.15, 0.2) is 5.13 Å².